The highest BCUT2D eigenvalue weighted by atomic mass is 79.9. The predicted octanol–water partition coefficient (Wildman–Crippen LogP) is 4.82. The number of esters is 1. The van der Waals surface area contributed by atoms with Gasteiger partial charge in [-0.15, -0.1) is 0 Å². The number of halogens is 1. The number of carbonyl (C=O) groups excluding carboxylic acids is 2. The van der Waals surface area contributed by atoms with Crippen LogP contribution in [0.5, 0.6) is 0 Å². The zero-order valence-electron chi connectivity index (χ0n) is 13.8. The molecule has 0 amide bonds. The molecular formula is C19H16BrNO3S2. The molecule has 1 aliphatic heterocycles. The molecule has 3 rings (SSSR count). The molecule has 7 heteroatoms. The summed E-state index contributed by atoms with van der Waals surface area (Å²) >= 11 is 6.69. The Bertz CT molecular complexity index is 837. The number of thioether (sulfide) groups is 2. The second kappa shape index (κ2) is 9.39. The number of rotatable bonds is 6. The van der Waals surface area contributed by atoms with Crippen molar-refractivity contribution in [2.45, 2.75) is 5.75 Å². The Morgan fingerprint density at radius 2 is 1.92 bits per heavy atom. The molecule has 1 aliphatic rings. The van der Waals surface area contributed by atoms with E-state index >= 15 is 0 Å². The zero-order valence-corrected chi connectivity index (χ0v) is 17.0. The number of Topliss-reactive ketones (excluding diaryl/α,β-unsaturated/α-hetero) is 1. The number of hydrogen-bond donors (Lipinski definition) is 0. The van der Waals surface area contributed by atoms with Crippen molar-refractivity contribution in [2.24, 2.45) is 4.99 Å². The summed E-state index contributed by atoms with van der Waals surface area (Å²) in [5.41, 5.74) is 1.89. The van der Waals surface area contributed by atoms with Gasteiger partial charge in [0.25, 0.3) is 0 Å². The molecular weight excluding hydrogens is 434 g/mol. The van der Waals surface area contributed by atoms with Gasteiger partial charge in [-0.25, -0.2) is 4.79 Å². The third kappa shape index (κ3) is 5.22. The molecule has 2 aromatic carbocycles. The SMILES string of the molecule is O=C(COC(=O)c1ccccc1CSC1=NCCS1)c1ccc(Br)cc1. The molecule has 0 N–H and O–H groups in total. The van der Waals surface area contributed by atoms with Crippen molar-refractivity contribution in [2.75, 3.05) is 18.9 Å². The second-order valence-corrected chi connectivity index (χ2v) is 8.67. The topological polar surface area (TPSA) is 55.7 Å². The first-order valence-electron chi connectivity index (χ1n) is 7.97. The number of carbonyl (C=O) groups is 2. The summed E-state index contributed by atoms with van der Waals surface area (Å²) in [5.74, 6) is 0.962. The number of nitrogens with zero attached hydrogens (tertiary/aromatic N) is 1. The third-order valence-corrected chi connectivity index (χ3v) is 6.48. The summed E-state index contributed by atoms with van der Waals surface area (Å²) in [5, 5.41) is 0. The van der Waals surface area contributed by atoms with E-state index in [1.807, 2.05) is 12.1 Å². The molecule has 0 saturated carbocycles. The monoisotopic (exact) mass is 449 g/mol. The van der Waals surface area contributed by atoms with Crippen LogP contribution >= 0.6 is 39.5 Å². The van der Waals surface area contributed by atoms with E-state index in [-0.39, 0.29) is 12.4 Å². The first-order valence-corrected chi connectivity index (χ1v) is 10.7. The van der Waals surface area contributed by atoms with Gasteiger partial charge in [-0.2, -0.15) is 0 Å². The summed E-state index contributed by atoms with van der Waals surface area (Å²) in [6.07, 6.45) is 0. The van der Waals surface area contributed by atoms with E-state index in [9.17, 15) is 9.59 Å². The van der Waals surface area contributed by atoms with Gasteiger partial charge < -0.3 is 4.74 Å². The van der Waals surface area contributed by atoms with Gasteiger partial charge in [0.15, 0.2) is 12.4 Å². The van der Waals surface area contributed by atoms with Crippen LogP contribution in [-0.2, 0) is 10.5 Å². The molecule has 26 heavy (non-hydrogen) atoms. The van der Waals surface area contributed by atoms with E-state index < -0.39 is 5.97 Å². The van der Waals surface area contributed by atoms with E-state index in [4.69, 9.17) is 4.74 Å². The molecule has 0 atom stereocenters. The fourth-order valence-electron chi connectivity index (χ4n) is 2.32. The lowest BCUT2D eigenvalue weighted by Gasteiger charge is -2.09. The summed E-state index contributed by atoms with van der Waals surface area (Å²) in [7, 11) is 0. The fraction of sp³-hybridized carbons (Fsp3) is 0.211. The smallest absolute Gasteiger partial charge is 0.338 e. The highest BCUT2D eigenvalue weighted by Crippen LogP contribution is 2.26. The Balaban J connectivity index is 1.60. The van der Waals surface area contributed by atoms with Crippen molar-refractivity contribution >= 4 is 55.6 Å². The number of ether oxygens (including phenoxy) is 1. The van der Waals surface area contributed by atoms with Gasteiger partial charge in [-0.05, 0) is 23.8 Å². The predicted molar refractivity (Wildman–Crippen MR) is 111 cm³/mol. The van der Waals surface area contributed by atoms with Gasteiger partial charge in [-0.3, -0.25) is 9.79 Å². The average Bonchev–Trinajstić information content (AvgIpc) is 3.18. The third-order valence-electron chi connectivity index (χ3n) is 3.65. The highest BCUT2D eigenvalue weighted by molar-refractivity contribution is 9.10. The number of aliphatic imine (C=N–C) groups is 1. The standard InChI is InChI=1S/C19H16BrNO3S2/c20-15-7-5-13(6-8-15)17(22)11-24-18(23)16-4-2-1-3-14(16)12-26-19-21-9-10-25-19/h1-8H,9-12H2. The van der Waals surface area contributed by atoms with Crippen LogP contribution < -0.4 is 0 Å². The van der Waals surface area contributed by atoms with Gasteiger partial charge in [-0.1, -0.05) is 69.8 Å². The van der Waals surface area contributed by atoms with Gasteiger partial charge >= 0.3 is 5.97 Å². The zero-order chi connectivity index (χ0) is 18.4. The van der Waals surface area contributed by atoms with Crippen LogP contribution in [0.4, 0.5) is 0 Å². The lowest BCUT2D eigenvalue weighted by molar-refractivity contribution is 0.0474. The molecule has 0 aliphatic carbocycles. The van der Waals surface area contributed by atoms with Crippen LogP contribution in [0.1, 0.15) is 26.3 Å². The van der Waals surface area contributed by atoms with Crippen LogP contribution in [0.25, 0.3) is 0 Å². The van der Waals surface area contributed by atoms with Gasteiger partial charge in [0.1, 0.15) is 4.38 Å². The quantitative estimate of drug-likeness (QED) is 0.467. The maximum Gasteiger partial charge on any atom is 0.338 e. The maximum atomic E-state index is 12.4. The minimum Gasteiger partial charge on any atom is -0.454 e. The molecule has 0 fully saturated rings. The molecule has 0 spiro atoms. The Labute approximate surface area is 168 Å². The maximum absolute atomic E-state index is 12.4. The van der Waals surface area contributed by atoms with E-state index in [2.05, 4.69) is 20.9 Å². The Kier molecular flexibility index (Phi) is 6.93. The summed E-state index contributed by atoms with van der Waals surface area (Å²) in [4.78, 5) is 29.0. The van der Waals surface area contributed by atoms with Crippen LogP contribution in [0.2, 0.25) is 0 Å². The van der Waals surface area contributed by atoms with Crippen molar-refractivity contribution in [1.82, 2.24) is 0 Å². The molecule has 0 radical (unpaired) electrons. The summed E-state index contributed by atoms with van der Waals surface area (Å²) in [6, 6.07) is 14.3. The lowest BCUT2D eigenvalue weighted by Crippen LogP contribution is -2.15. The average molecular weight is 450 g/mol. The molecule has 0 unspecified atom stereocenters. The fourth-order valence-corrected chi connectivity index (χ4v) is 4.59. The molecule has 134 valence electrons. The Morgan fingerprint density at radius 1 is 1.15 bits per heavy atom. The van der Waals surface area contributed by atoms with Crippen LogP contribution in [0.15, 0.2) is 58.0 Å². The Hall–Kier alpha value is -1.57. The van der Waals surface area contributed by atoms with Gasteiger partial charge in [0.05, 0.1) is 12.1 Å². The second-order valence-electron chi connectivity index (χ2n) is 5.45. The normalized spacial score (nSPS) is 13.3. The minimum absolute atomic E-state index is 0.227. The van der Waals surface area contributed by atoms with E-state index in [1.165, 1.54) is 0 Å². The van der Waals surface area contributed by atoms with Gasteiger partial charge in [0.2, 0.25) is 0 Å². The molecule has 0 aromatic heterocycles. The van der Waals surface area contributed by atoms with Crippen molar-refractivity contribution in [1.29, 1.82) is 0 Å². The molecule has 0 saturated heterocycles. The molecule has 0 bridgehead atoms. The number of ketones is 1. The lowest BCUT2D eigenvalue weighted by atomic mass is 10.1. The minimum atomic E-state index is -0.479. The summed E-state index contributed by atoms with van der Waals surface area (Å²) in [6.45, 7) is 0.583. The number of benzene rings is 2. The molecule has 1 heterocycles. The van der Waals surface area contributed by atoms with Crippen molar-refractivity contribution in [3.63, 3.8) is 0 Å². The largest absolute Gasteiger partial charge is 0.454 e. The highest BCUT2D eigenvalue weighted by Gasteiger charge is 2.16. The van der Waals surface area contributed by atoms with E-state index in [1.54, 1.807) is 59.9 Å². The first-order chi connectivity index (χ1) is 12.6. The first kappa shape index (κ1) is 19.2. The van der Waals surface area contributed by atoms with Crippen molar-refractivity contribution < 1.29 is 14.3 Å². The van der Waals surface area contributed by atoms with Crippen LogP contribution in [0.3, 0.4) is 0 Å². The van der Waals surface area contributed by atoms with Crippen molar-refractivity contribution in [3.8, 4) is 0 Å². The van der Waals surface area contributed by atoms with Gasteiger partial charge in [0, 0.05) is 21.5 Å². The number of hydrogen-bond acceptors (Lipinski definition) is 6. The molecule has 2 aromatic rings. The Morgan fingerprint density at radius 3 is 2.65 bits per heavy atom. The van der Waals surface area contributed by atoms with E-state index in [0.29, 0.717) is 16.9 Å². The van der Waals surface area contributed by atoms with Crippen LogP contribution in [0, 0.1) is 0 Å². The van der Waals surface area contributed by atoms with E-state index in [0.717, 1.165) is 26.7 Å². The van der Waals surface area contributed by atoms with Crippen LogP contribution in [-0.4, -0.2) is 35.0 Å². The van der Waals surface area contributed by atoms with Crippen molar-refractivity contribution in [3.05, 3.63) is 69.7 Å². The molecule has 4 nitrogen and oxygen atoms in total. The summed E-state index contributed by atoms with van der Waals surface area (Å²) < 4.78 is 7.19.